The summed E-state index contributed by atoms with van der Waals surface area (Å²) in [6.45, 7) is 0.926. The van der Waals surface area contributed by atoms with Crippen LogP contribution in [-0.4, -0.2) is 35.8 Å². The fraction of sp³-hybridized carbons (Fsp3) is 0.529. The van der Waals surface area contributed by atoms with Crippen LogP contribution in [-0.2, 0) is 16.0 Å². The molecule has 1 aromatic rings. The molecule has 1 aromatic carbocycles. The SMILES string of the molecule is O=C1CN(CCCCc2ccccc2)C(=O)C(C2CC2)N1. The van der Waals surface area contributed by atoms with Gasteiger partial charge in [0.2, 0.25) is 11.8 Å². The highest BCUT2D eigenvalue weighted by molar-refractivity contribution is 5.95. The highest BCUT2D eigenvalue weighted by Crippen LogP contribution is 2.34. The lowest BCUT2D eigenvalue weighted by Crippen LogP contribution is -2.58. The van der Waals surface area contributed by atoms with E-state index in [0.29, 0.717) is 12.5 Å². The van der Waals surface area contributed by atoms with Crippen molar-refractivity contribution in [2.24, 2.45) is 5.92 Å². The van der Waals surface area contributed by atoms with E-state index >= 15 is 0 Å². The zero-order chi connectivity index (χ0) is 14.7. The first-order valence-electron chi connectivity index (χ1n) is 7.86. The highest BCUT2D eigenvalue weighted by Gasteiger charge is 2.42. The molecule has 112 valence electrons. The fourth-order valence-corrected chi connectivity index (χ4v) is 2.94. The lowest BCUT2D eigenvalue weighted by Gasteiger charge is -2.32. The third-order valence-corrected chi connectivity index (χ3v) is 4.31. The smallest absolute Gasteiger partial charge is 0.245 e. The van der Waals surface area contributed by atoms with Crippen molar-refractivity contribution in [3.05, 3.63) is 35.9 Å². The molecule has 2 amide bonds. The summed E-state index contributed by atoms with van der Waals surface area (Å²) in [6, 6.07) is 10.1. The number of amides is 2. The van der Waals surface area contributed by atoms with Crippen LogP contribution >= 0.6 is 0 Å². The van der Waals surface area contributed by atoms with Gasteiger partial charge >= 0.3 is 0 Å². The number of nitrogens with zero attached hydrogens (tertiary/aromatic N) is 1. The highest BCUT2D eigenvalue weighted by atomic mass is 16.2. The average molecular weight is 286 g/mol. The fourth-order valence-electron chi connectivity index (χ4n) is 2.94. The van der Waals surface area contributed by atoms with Crippen LogP contribution in [0.15, 0.2) is 30.3 Å². The molecule has 4 heteroatoms. The Balaban J connectivity index is 1.45. The summed E-state index contributed by atoms with van der Waals surface area (Å²) >= 11 is 0. The van der Waals surface area contributed by atoms with Crippen molar-refractivity contribution < 1.29 is 9.59 Å². The quantitative estimate of drug-likeness (QED) is 0.810. The van der Waals surface area contributed by atoms with Crippen LogP contribution in [0.2, 0.25) is 0 Å². The molecule has 4 nitrogen and oxygen atoms in total. The standard InChI is InChI=1S/C17H22N2O2/c20-15-12-19(17(21)16(18-15)14-9-10-14)11-5-4-8-13-6-2-1-3-7-13/h1-3,6-7,14,16H,4-5,8-12H2,(H,18,20). The number of hydrogen-bond donors (Lipinski definition) is 1. The van der Waals surface area contributed by atoms with Gasteiger partial charge in [-0.2, -0.15) is 0 Å². The number of nitrogens with one attached hydrogen (secondary N) is 1. The van der Waals surface area contributed by atoms with Crippen LogP contribution in [0.1, 0.15) is 31.2 Å². The Labute approximate surface area is 125 Å². The maximum absolute atomic E-state index is 12.3. The third kappa shape index (κ3) is 3.63. The summed E-state index contributed by atoms with van der Waals surface area (Å²) in [6.07, 6.45) is 5.16. The molecule has 1 unspecified atom stereocenters. The molecule has 0 spiro atoms. The number of carbonyl (C=O) groups excluding carboxylic acids is 2. The summed E-state index contributed by atoms with van der Waals surface area (Å²) < 4.78 is 0. The number of carbonyl (C=O) groups is 2. The van der Waals surface area contributed by atoms with Crippen LogP contribution < -0.4 is 5.32 Å². The zero-order valence-electron chi connectivity index (χ0n) is 12.3. The van der Waals surface area contributed by atoms with E-state index in [9.17, 15) is 9.59 Å². The second-order valence-electron chi connectivity index (χ2n) is 6.09. The first-order chi connectivity index (χ1) is 10.2. The number of rotatable bonds is 6. The van der Waals surface area contributed by atoms with E-state index in [1.165, 1.54) is 5.56 Å². The second kappa shape index (κ2) is 6.29. The normalized spacial score (nSPS) is 22.3. The van der Waals surface area contributed by atoms with Crippen molar-refractivity contribution in [1.82, 2.24) is 10.2 Å². The van der Waals surface area contributed by atoms with Gasteiger partial charge in [-0.3, -0.25) is 9.59 Å². The van der Waals surface area contributed by atoms with Crippen molar-refractivity contribution in [3.63, 3.8) is 0 Å². The molecular weight excluding hydrogens is 264 g/mol. The maximum atomic E-state index is 12.3. The van der Waals surface area contributed by atoms with Crippen molar-refractivity contribution in [2.75, 3.05) is 13.1 Å². The largest absolute Gasteiger partial charge is 0.342 e. The van der Waals surface area contributed by atoms with Gasteiger partial charge < -0.3 is 10.2 Å². The zero-order valence-corrected chi connectivity index (χ0v) is 12.3. The molecule has 21 heavy (non-hydrogen) atoms. The van der Waals surface area contributed by atoms with Crippen molar-refractivity contribution in [1.29, 1.82) is 0 Å². The number of unbranched alkanes of at least 4 members (excludes halogenated alkanes) is 1. The molecule has 1 N–H and O–H groups in total. The molecule has 2 fully saturated rings. The lowest BCUT2D eigenvalue weighted by molar-refractivity contribution is -0.144. The molecule has 1 heterocycles. The number of aryl methyl sites for hydroxylation is 1. The molecule has 3 rings (SSSR count). The van der Waals surface area contributed by atoms with E-state index < -0.39 is 0 Å². The molecule has 1 saturated heterocycles. The van der Waals surface area contributed by atoms with Gasteiger partial charge in [0.15, 0.2) is 0 Å². The van der Waals surface area contributed by atoms with E-state index in [2.05, 4.69) is 17.4 Å². The predicted molar refractivity (Wildman–Crippen MR) is 80.6 cm³/mol. The lowest BCUT2D eigenvalue weighted by atomic mass is 10.1. The molecule has 1 saturated carbocycles. The van der Waals surface area contributed by atoms with E-state index in [1.54, 1.807) is 4.90 Å². The van der Waals surface area contributed by atoms with Crippen LogP contribution in [0.5, 0.6) is 0 Å². The van der Waals surface area contributed by atoms with E-state index in [-0.39, 0.29) is 24.4 Å². The Morgan fingerprint density at radius 1 is 1.10 bits per heavy atom. The minimum atomic E-state index is -0.250. The third-order valence-electron chi connectivity index (χ3n) is 4.31. The minimum absolute atomic E-state index is 0.00504. The van der Waals surface area contributed by atoms with Gasteiger partial charge in [0.05, 0.1) is 6.54 Å². The Hall–Kier alpha value is -1.84. The Morgan fingerprint density at radius 3 is 2.57 bits per heavy atom. The average Bonchev–Trinajstić information content (AvgIpc) is 3.32. The second-order valence-corrected chi connectivity index (χ2v) is 6.09. The Bertz CT molecular complexity index is 511. The van der Waals surface area contributed by atoms with Crippen molar-refractivity contribution >= 4 is 11.8 Å². The predicted octanol–water partition coefficient (Wildman–Crippen LogP) is 1.75. The molecule has 0 bridgehead atoms. The summed E-state index contributed by atoms with van der Waals surface area (Å²) in [5.41, 5.74) is 1.33. The molecule has 1 aliphatic heterocycles. The topological polar surface area (TPSA) is 49.4 Å². The minimum Gasteiger partial charge on any atom is -0.342 e. The van der Waals surface area contributed by atoms with E-state index in [4.69, 9.17) is 0 Å². The molecule has 2 aliphatic rings. The van der Waals surface area contributed by atoms with Crippen molar-refractivity contribution in [3.8, 4) is 0 Å². The first-order valence-corrected chi connectivity index (χ1v) is 7.86. The summed E-state index contributed by atoms with van der Waals surface area (Å²) in [4.78, 5) is 25.8. The Kier molecular flexibility index (Phi) is 4.23. The summed E-state index contributed by atoms with van der Waals surface area (Å²) in [7, 11) is 0. The van der Waals surface area contributed by atoms with Gasteiger partial charge in [0.25, 0.3) is 0 Å². The monoisotopic (exact) mass is 286 g/mol. The van der Waals surface area contributed by atoms with Crippen LogP contribution in [0.25, 0.3) is 0 Å². The van der Waals surface area contributed by atoms with E-state index in [1.807, 2.05) is 18.2 Å². The van der Waals surface area contributed by atoms with Gasteiger partial charge in [-0.25, -0.2) is 0 Å². The van der Waals surface area contributed by atoms with Crippen LogP contribution in [0.4, 0.5) is 0 Å². The van der Waals surface area contributed by atoms with Gasteiger partial charge in [-0.15, -0.1) is 0 Å². The van der Waals surface area contributed by atoms with Gasteiger partial charge in [-0.05, 0) is 43.6 Å². The summed E-state index contributed by atoms with van der Waals surface area (Å²) in [5, 5.41) is 2.84. The molecule has 1 atom stereocenters. The molecule has 0 aromatic heterocycles. The van der Waals surface area contributed by atoms with Gasteiger partial charge in [0, 0.05) is 6.54 Å². The molecule has 0 radical (unpaired) electrons. The van der Waals surface area contributed by atoms with Gasteiger partial charge in [0.1, 0.15) is 6.04 Å². The number of benzene rings is 1. The van der Waals surface area contributed by atoms with Crippen LogP contribution in [0, 0.1) is 5.92 Å². The number of hydrogen-bond acceptors (Lipinski definition) is 2. The summed E-state index contributed by atoms with van der Waals surface area (Å²) in [5.74, 6) is 0.500. The van der Waals surface area contributed by atoms with Crippen LogP contribution in [0.3, 0.4) is 0 Å². The number of piperazine rings is 1. The Morgan fingerprint density at radius 2 is 1.86 bits per heavy atom. The van der Waals surface area contributed by atoms with Crippen molar-refractivity contribution in [2.45, 2.75) is 38.1 Å². The molecule has 1 aliphatic carbocycles. The maximum Gasteiger partial charge on any atom is 0.245 e. The first kappa shape index (κ1) is 14.1. The van der Waals surface area contributed by atoms with E-state index in [0.717, 1.165) is 32.1 Å². The van der Waals surface area contributed by atoms with Gasteiger partial charge in [-0.1, -0.05) is 30.3 Å². The molecular formula is C17H22N2O2.